The summed E-state index contributed by atoms with van der Waals surface area (Å²) < 4.78 is 8.26. The first-order valence-corrected chi connectivity index (χ1v) is 12.3. The zero-order chi connectivity index (χ0) is 22.5. The summed E-state index contributed by atoms with van der Waals surface area (Å²) in [4.78, 5) is 4.78. The Balaban J connectivity index is 1.48. The van der Waals surface area contributed by atoms with E-state index in [0.717, 1.165) is 38.7 Å². The van der Waals surface area contributed by atoms with E-state index in [1.165, 1.54) is 11.1 Å². The molecule has 0 bridgehead atoms. The number of rotatable bonds is 9. The third kappa shape index (κ3) is 5.29. The molecule has 0 N–H and O–H groups in total. The van der Waals surface area contributed by atoms with Gasteiger partial charge in [-0.25, -0.2) is 4.98 Å². The molecule has 0 aliphatic rings. The predicted octanol–water partition coefficient (Wildman–Crippen LogP) is 6.64. The van der Waals surface area contributed by atoms with Crippen LogP contribution in [0.25, 0.3) is 10.6 Å². The molecule has 1 atom stereocenters. The number of aromatic nitrogens is 4. The second-order valence-corrected chi connectivity index (χ2v) is 9.42. The van der Waals surface area contributed by atoms with E-state index in [0.29, 0.717) is 6.54 Å². The number of thioether (sulfide) groups is 1. The molecule has 0 aliphatic heterocycles. The van der Waals surface area contributed by atoms with E-state index < -0.39 is 0 Å². The summed E-state index contributed by atoms with van der Waals surface area (Å²) in [6.45, 7) is 10.7. The molecule has 0 spiro atoms. The fourth-order valence-electron chi connectivity index (χ4n) is 3.49. The molecule has 1 unspecified atom stereocenters. The molecule has 4 rings (SSSR count). The third-order valence-electron chi connectivity index (χ3n) is 4.85. The number of ether oxygens (including phenoxy) is 1. The Morgan fingerprint density at radius 3 is 2.59 bits per heavy atom. The lowest BCUT2D eigenvalue weighted by molar-refractivity contribution is 0.210. The second-order valence-electron chi connectivity index (χ2n) is 7.62. The average Bonchev–Trinajstić information content (AvgIpc) is 3.40. The van der Waals surface area contributed by atoms with Crippen LogP contribution in [0.1, 0.15) is 35.7 Å². The minimum absolute atomic E-state index is 0.234. The van der Waals surface area contributed by atoms with Gasteiger partial charge in [-0.2, -0.15) is 0 Å². The van der Waals surface area contributed by atoms with Gasteiger partial charge in [0, 0.05) is 23.2 Å². The summed E-state index contributed by atoms with van der Waals surface area (Å²) in [6.07, 6.45) is 1.62. The quantitative estimate of drug-likeness (QED) is 0.206. The standard InChI is InChI=1S/C25H26N4OS2/c1-5-11-29-23(19(4)30-22-13-17(2)12-18(3)14-22)27-28-25(29)32-16-21-15-31-24(26-21)20-9-7-6-8-10-20/h5-10,12-15,19H,1,11,16H2,2-4H3. The smallest absolute Gasteiger partial charge is 0.192 e. The fourth-order valence-corrected chi connectivity index (χ4v) is 5.27. The highest BCUT2D eigenvalue weighted by molar-refractivity contribution is 7.98. The molecule has 4 aromatic rings. The molecular formula is C25H26N4OS2. The van der Waals surface area contributed by atoms with Gasteiger partial charge in [0.2, 0.25) is 0 Å². The number of hydrogen-bond acceptors (Lipinski definition) is 6. The van der Waals surface area contributed by atoms with Crippen molar-refractivity contribution in [1.29, 1.82) is 0 Å². The molecular weight excluding hydrogens is 436 g/mol. The molecule has 2 heterocycles. The number of thiazole rings is 1. The number of benzene rings is 2. The van der Waals surface area contributed by atoms with Crippen LogP contribution >= 0.6 is 23.1 Å². The second kappa shape index (κ2) is 10.1. The van der Waals surface area contributed by atoms with Gasteiger partial charge in [-0.05, 0) is 44.0 Å². The van der Waals surface area contributed by atoms with Crippen molar-refractivity contribution in [2.24, 2.45) is 0 Å². The minimum atomic E-state index is -0.234. The van der Waals surface area contributed by atoms with Crippen LogP contribution in [0.2, 0.25) is 0 Å². The van der Waals surface area contributed by atoms with E-state index in [-0.39, 0.29) is 6.10 Å². The SMILES string of the molecule is C=CCn1c(SCc2csc(-c3ccccc3)n2)nnc1C(C)Oc1cc(C)cc(C)c1. The first-order chi connectivity index (χ1) is 15.5. The van der Waals surface area contributed by atoms with E-state index in [4.69, 9.17) is 9.72 Å². The first kappa shape index (κ1) is 22.3. The Morgan fingerprint density at radius 2 is 1.88 bits per heavy atom. The molecule has 164 valence electrons. The molecule has 0 radical (unpaired) electrons. The van der Waals surface area contributed by atoms with Gasteiger partial charge in [0.1, 0.15) is 10.8 Å². The minimum Gasteiger partial charge on any atom is -0.483 e. The first-order valence-electron chi connectivity index (χ1n) is 10.4. The van der Waals surface area contributed by atoms with Crippen LogP contribution < -0.4 is 4.74 Å². The zero-order valence-electron chi connectivity index (χ0n) is 18.5. The number of aryl methyl sites for hydroxylation is 2. The maximum Gasteiger partial charge on any atom is 0.192 e. The molecule has 32 heavy (non-hydrogen) atoms. The summed E-state index contributed by atoms with van der Waals surface area (Å²) in [7, 11) is 0. The van der Waals surface area contributed by atoms with Crippen LogP contribution in [0.3, 0.4) is 0 Å². The molecule has 0 aliphatic carbocycles. The van der Waals surface area contributed by atoms with Gasteiger partial charge in [0.25, 0.3) is 0 Å². The predicted molar refractivity (Wildman–Crippen MR) is 132 cm³/mol. The summed E-state index contributed by atoms with van der Waals surface area (Å²) >= 11 is 3.29. The maximum atomic E-state index is 6.20. The van der Waals surface area contributed by atoms with Crippen molar-refractivity contribution >= 4 is 23.1 Å². The van der Waals surface area contributed by atoms with Gasteiger partial charge in [-0.1, -0.05) is 54.2 Å². The summed E-state index contributed by atoms with van der Waals surface area (Å²) in [6, 6.07) is 16.5. The lowest BCUT2D eigenvalue weighted by Gasteiger charge is -2.16. The monoisotopic (exact) mass is 462 g/mol. The molecule has 0 fully saturated rings. The van der Waals surface area contributed by atoms with Crippen molar-refractivity contribution in [3.05, 3.63) is 89.2 Å². The molecule has 2 aromatic carbocycles. The van der Waals surface area contributed by atoms with Crippen molar-refractivity contribution in [1.82, 2.24) is 19.7 Å². The van der Waals surface area contributed by atoms with Crippen LogP contribution in [-0.2, 0) is 12.3 Å². The molecule has 2 aromatic heterocycles. The van der Waals surface area contributed by atoms with E-state index in [1.807, 2.05) is 43.3 Å². The van der Waals surface area contributed by atoms with Crippen molar-refractivity contribution in [2.75, 3.05) is 0 Å². The fraction of sp³-hybridized carbons (Fsp3) is 0.240. The van der Waals surface area contributed by atoms with E-state index in [1.54, 1.807) is 23.1 Å². The largest absolute Gasteiger partial charge is 0.483 e. The van der Waals surface area contributed by atoms with E-state index in [2.05, 4.69) is 58.8 Å². The normalized spacial score (nSPS) is 12.0. The van der Waals surface area contributed by atoms with Gasteiger partial charge in [0.15, 0.2) is 17.1 Å². The van der Waals surface area contributed by atoms with Crippen LogP contribution in [0.5, 0.6) is 5.75 Å². The lowest BCUT2D eigenvalue weighted by Crippen LogP contribution is -2.12. The van der Waals surface area contributed by atoms with Crippen LogP contribution in [0.4, 0.5) is 0 Å². The Bertz CT molecular complexity index is 1180. The summed E-state index contributed by atoms with van der Waals surface area (Å²) in [5.74, 6) is 2.35. The third-order valence-corrected chi connectivity index (χ3v) is 6.79. The molecule has 7 heteroatoms. The van der Waals surface area contributed by atoms with Gasteiger partial charge in [-0.3, -0.25) is 4.57 Å². The number of hydrogen-bond donors (Lipinski definition) is 0. The number of nitrogens with zero attached hydrogens (tertiary/aromatic N) is 4. The maximum absolute atomic E-state index is 6.20. The van der Waals surface area contributed by atoms with Crippen molar-refractivity contribution < 1.29 is 4.74 Å². The van der Waals surface area contributed by atoms with Crippen molar-refractivity contribution in [3.8, 4) is 16.3 Å². The lowest BCUT2D eigenvalue weighted by atomic mass is 10.1. The van der Waals surface area contributed by atoms with Crippen molar-refractivity contribution in [2.45, 2.75) is 44.3 Å². The topological polar surface area (TPSA) is 52.8 Å². The average molecular weight is 463 g/mol. The van der Waals surface area contributed by atoms with E-state index in [9.17, 15) is 0 Å². The summed E-state index contributed by atoms with van der Waals surface area (Å²) in [5, 5.41) is 12.9. The van der Waals surface area contributed by atoms with Gasteiger partial charge in [0.05, 0.1) is 5.69 Å². The number of allylic oxidation sites excluding steroid dienone is 1. The Labute approximate surface area is 197 Å². The highest BCUT2D eigenvalue weighted by Crippen LogP contribution is 2.29. The highest BCUT2D eigenvalue weighted by Gasteiger charge is 2.19. The summed E-state index contributed by atoms with van der Waals surface area (Å²) in [5.41, 5.74) is 4.53. The molecule has 0 saturated carbocycles. The zero-order valence-corrected chi connectivity index (χ0v) is 20.1. The van der Waals surface area contributed by atoms with Crippen LogP contribution in [-0.4, -0.2) is 19.7 Å². The van der Waals surface area contributed by atoms with Gasteiger partial charge >= 0.3 is 0 Å². The van der Waals surface area contributed by atoms with Gasteiger partial charge in [-0.15, -0.1) is 28.1 Å². The molecule has 5 nitrogen and oxygen atoms in total. The molecule has 0 saturated heterocycles. The molecule has 0 amide bonds. The highest BCUT2D eigenvalue weighted by atomic mass is 32.2. The van der Waals surface area contributed by atoms with Crippen LogP contribution in [0.15, 0.2) is 71.7 Å². The van der Waals surface area contributed by atoms with Crippen LogP contribution in [0, 0.1) is 13.8 Å². The Kier molecular flexibility index (Phi) is 7.07. The van der Waals surface area contributed by atoms with Gasteiger partial charge < -0.3 is 4.74 Å². The van der Waals surface area contributed by atoms with Crippen molar-refractivity contribution in [3.63, 3.8) is 0 Å². The Morgan fingerprint density at radius 1 is 1.12 bits per heavy atom. The Hall–Kier alpha value is -2.90. The van der Waals surface area contributed by atoms with E-state index >= 15 is 0 Å².